The minimum atomic E-state index is -5.37. The van der Waals surface area contributed by atoms with E-state index >= 15 is 0 Å². The summed E-state index contributed by atoms with van der Waals surface area (Å²) in [5, 5.41) is 0. The van der Waals surface area contributed by atoms with Crippen LogP contribution in [0, 0.1) is 0 Å². The molecule has 0 N–H and O–H groups in total. The van der Waals surface area contributed by atoms with Crippen LogP contribution in [0.1, 0.15) is 0 Å². The number of sulfone groups is 1. The summed E-state index contributed by atoms with van der Waals surface area (Å²) in [5.74, 6) is -1.34. The van der Waals surface area contributed by atoms with Crippen LogP contribution in [0.2, 0.25) is 0 Å². The minimum Gasteiger partial charge on any atom is -0.290 e. The Labute approximate surface area is 89.2 Å². The molecule has 0 aliphatic carbocycles. The van der Waals surface area contributed by atoms with Crippen molar-refractivity contribution < 1.29 is 39.7 Å². The van der Waals surface area contributed by atoms with E-state index in [1.54, 1.807) is 0 Å². The molecule has 1 rings (SSSR count). The zero-order valence-electron chi connectivity index (χ0n) is 7.93. The lowest BCUT2D eigenvalue weighted by Gasteiger charge is -2.11. The highest BCUT2D eigenvalue weighted by atomic mass is 32.2. The second-order valence-electron chi connectivity index (χ2n) is 2.88. The van der Waals surface area contributed by atoms with Gasteiger partial charge in [-0.25, -0.2) is 13.0 Å². The molecule has 16 heavy (non-hydrogen) atoms. The number of phosphoric acid groups is 1. The van der Waals surface area contributed by atoms with Gasteiger partial charge in [0.25, 0.3) is 9.84 Å². The standard InChI is InChI=1S/C5H8F3O6PS/c1-12-15(9)13-2-4(14-15)3-16(10,11)5(6,7)8/h4H,2-3H2,1H3. The molecular weight excluding hydrogens is 276 g/mol. The lowest BCUT2D eigenvalue weighted by molar-refractivity contribution is -0.0441. The summed E-state index contributed by atoms with van der Waals surface area (Å²) in [7, 11) is -8.22. The van der Waals surface area contributed by atoms with Crippen molar-refractivity contribution in [2.75, 3.05) is 19.5 Å². The van der Waals surface area contributed by atoms with Gasteiger partial charge in [-0.3, -0.25) is 13.6 Å². The van der Waals surface area contributed by atoms with E-state index in [4.69, 9.17) is 0 Å². The Morgan fingerprint density at radius 3 is 2.44 bits per heavy atom. The molecule has 0 aromatic rings. The molecular formula is C5H8F3O6PS. The van der Waals surface area contributed by atoms with Crippen LogP contribution in [-0.2, 0) is 28.0 Å². The summed E-state index contributed by atoms with van der Waals surface area (Å²) in [6, 6.07) is 0. The fourth-order valence-corrected chi connectivity index (χ4v) is 2.98. The molecule has 0 aromatic heterocycles. The molecule has 1 fully saturated rings. The van der Waals surface area contributed by atoms with Crippen LogP contribution in [0.15, 0.2) is 0 Å². The summed E-state index contributed by atoms with van der Waals surface area (Å²) in [6.45, 7) is -0.527. The van der Waals surface area contributed by atoms with Crippen molar-refractivity contribution in [3.8, 4) is 0 Å². The summed E-state index contributed by atoms with van der Waals surface area (Å²) < 4.78 is 81.7. The number of halogens is 3. The van der Waals surface area contributed by atoms with Gasteiger partial charge in [0.2, 0.25) is 0 Å². The quantitative estimate of drug-likeness (QED) is 0.722. The van der Waals surface area contributed by atoms with Gasteiger partial charge in [0.1, 0.15) is 6.10 Å². The maximum absolute atomic E-state index is 12.0. The van der Waals surface area contributed by atoms with Gasteiger partial charge >= 0.3 is 13.3 Å². The number of alkyl halides is 3. The van der Waals surface area contributed by atoms with Crippen molar-refractivity contribution in [2.24, 2.45) is 0 Å². The SMILES string of the molecule is COP1(=O)OCC(CS(=O)(=O)C(F)(F)F)O1. The zero-order chi connectivity index (χ0) is 12.6. The molecule has 2 unspecified atom stereocenters. The monoisotopic (exact) mass is 284 g/mol. The van der Waals surface area contributed by atoms with E-state index in [9.17, 15) is 26.2 Å². The largest absolute Gasteiger partial charge is 0.497 e. The molecule has 0 spiro atoms. The normalized spacial score (nSPS) is 31.9. The number of phosphoric ester groups is 1. The Balaban J connectivity index is 2.69. The van der Waals surface area contributed by atoms with Crippen molar-refractivity contribution in [3.63, 3.8) is 0 Å². The van der Waals surface area contributed by atoms with Crippen LogP contribution >= 0.6 is 7.82 Å². The van der Waals surface area contributed by atoms with Crippen LogP contribution in [0.5, 0.6) is 0 Å². The Kier molecular flexibility index (Phi) is 3.71. The first-order valence-corrected chi connectivity index (χ1v) is 6.99. The van der Waals surface area contributed by atoms with E-state index in [0.717, 1.165) is 7.11 Å². The van der Waals surface area contributed by atoms with E-state index in [2.05, 4.69) is 13.6 Å². The fourth-order valence-electron chi connectivity index (χ4n) is 0.931. The second-order valence-corrected chi connectivity index (χ2v) is 6.63. The molecule has 0 amide bonds. The molecule has 96 valence electrons. The first kappa shape index (κ1) is 13.9. The molecule has 1 heterocycles. The first-order chi connectivity index (χ1) is 7.10. The van der Waals surface area contributed by atoms with Crippen LogP contribution in [0.4, 0.5) is 13.2 Å². The van der Waals surface area contributed by atoms with Gasteiger partial charge in [-0.05, 0) is 0 Å². The maximum atomic E-state index is 12.0. The predicted molar refractivity (Wildman–Crippen MR) is 45.3 cm³/mol. The van der Waals surface area contributed by atoms with Gasteiger partial charge < -0.3 is 0 Å². The molecule has 0 saturated carbocycles. The third kappa shape index (κ3) is 2.95. The highest BCUT2D eigenvalue weighted by molar-refractivity contribution is 7.92. The topological polar surface area (TPSA) is 78.9 Å². The minimum absolute atomic E-state index is 0.527. The Hall–Kier alpha value is -0.150. The van der Waals surface area contributed by atoms with Crippen molar-refractivity contribution in [3.05, 3.63) is 0 Å². The highest BCUT2D eigenvalue weighted by Crippen LogP contribution is 2.54. The first-order valence-electron chi connectivity index (χ1n) is 3.87. The molecule has 1 aliphatic heterocycles. The molecule has 1 saturated heterocycles. The zero-order valence-corrected chi connectivity index (χ0v) is 9.64. The highest BCUT2D eigenvalue weighted by Gasteiger charge is 2.49. The van der Waals surface area contributed by atoms with Crippen LogP contribution in [0.3, 0.4) is 0 Å². The molecule has 0 aromatic carbocycles. The van der Waals surface area contributed by atoms with Gasteiger partial charge in [0, 0.05) is 7.11 Å². The van der Waals surface area contributed by atoms with E-state index < -0.39 is 41.6 Å². The molecule has 0 radical (unpaired) electrons. The van der Waals surface area contributed by atoms with Gasteiger partial charge in [-0.1, -0.05) is 0 Å². The summed E-state index contributed by atoms with van der Waals surface area (Å²) in [4.78, 5) is 0. The predicted octanol–water partition coefficient (Wildman–Crippen LogP) is 1.09. The number of hydrogen-bond donors (Lipinski definition) is 0. The van der Waals surface area contributed by atoms with E-state index in [1.807, 2.05) is 0 Å². The number of rotatable bonds is 3. The summed E-state index contributed by atoms with van der Waals surface area (Å²) in [5.41, 5.74) is -5.37. The van der Waals surface area contributed by atoms with E-state index in [1.165, 1.54) is 0 Å². The van der Waals surface area contributed by atoms with Crippen molar-refractivity contribution in [1.29, 1.82) is 0 Å². The second kappa shape index (κ2) is 4.26. The smallest absolute Gasteiger partial charge is 0.290 e. The third-order valence-corrected chi connectivity index (χ3v) is 4.66. The molecule has 2 atom stereocenters. The lowest BCUT2D eigenvalue weighted by atomic mass is 10.4. The average molecular weight is 284 g/mol. The molecule has 6 nitrogen and oxygen atoms in total. The van der Waals surface area contributed by atoms with Crippen molar-refractivity contribution in [2.45, 2.75) is 11.6 Å². The summed E-state index contributed by atoms with van der Waals surface area (Å²) in [6.07, 6.45) is -1.45. The Morgan fingerprint density at radius 2 is 2.06 bits per heavy atom. The maximum Gasteiger partial charge on any atom is 0.497 e. The Morgan fingerprint density at radius 1 is 1.50 bits per heavy atom. The molecule has 11 heteroatoms. The van der Waals surface area contributed by atoms with Gasteiger partial charge in [-0.15, -0.1) is 0 Å². The molecule has 1 aliphatic rings. The van der Waals surface area contributed by atoms with Crippen LogP contribution < -0.4 is 0 Å². The summed E-state index contributed by atoms with van der Waals surface area (Å²) >= 11 is 0. The Bertz CT molecular complexity index is 403. The van der Waals surface area contributed by atoms with Gasteiger partial charge in [0.05, 0.1) is 12.4 Å². The lowest BCUT2D eigenvalue weighted by Crippen LogP contribution is -2.32. The van der Waals surface area contributed by atoms with Gasteiger partial charge in [-0.2, -0.15) is 13.2 Å². The third-order valence-electron chi connectivity index (χ3n) is 1.68. The van der Waals surface area contributed by atoms with E-state index in [0.29, 0.717) is 0 Å². The van der Waals surface area contributed by atoms with Crippen molar-refractivity contribution in [1.82, 2.24) is 0 Å². The number of hydrogen-bond acceptors (Lipinski definition) is 6. The van der Waals surface area contributed by atoms with Crippen LogP contribution in [0.25, 0.3) is 0 Å². The fraction of sp³-hybridized carbons (Fsp3) is 1.00. The molecule has 0 bridgehead atoms. The van der Waals surface area contributed by atoms with Crippen molar-refractivity contribution >= 4 is 17.7 Å². The average Bonchev–Trinajstić information content (AvgIpc) is 2.46. The van der Waals surface area contributed by atoms with Crippen LogP contribution in [-0.4, -0.2) is 39.5 Å². The van der Waals surface area contributed by atoms with Gasteiger partial charge in [0.15, 0.2) is 0 Å². The van der Waals surface area contributed by atoms with E-state index in [-0.39, 0.29) is 0 Å².